The molecule has 1 fully saturated rings. The minimum absolute atomic E-state index is 0.00557. The Bertz CT molecular complexity index is 1090. The van der Waals surface area contributed by atoms with Gasteiger partial charge in [-0.2, -0.15) is 0 Å². The van der Waals surface area contributed by atoms with Gasteiger partial charge in [0.05, 0.1) is 5.02 Å². The molecule has 4 rings (SSSR count). The molecule has 2 aromatic carbocycles. The molecule has 7 nitrogen and oxygen atoms in total. The minimum Gasteiger partial charge on any atom is -0.484 e. The summed E-state index contributed by atoms with van der Waals surface area (Å²) in [6, 6.07) is 11.1. The van der Waals surface area contributed by atoms with Crippen molar-refractivity contribution < 1.29 is 23.1 Å². The molecule has 0 atom stereocenters. The third kappa shape index (κ3) is 6.58. The van der Waals surface area contributed by atoms with Gasteiger partial charge in [0.25, 0.3) is 11.8 Å². The van der Waals surface area contributed by atoms with Gasteiger partial charge >= 0.3 is 0 Å². The van der Waals surface area contributed by atoms with Gasteiger partial charge in [-0.3, -0.25) is 4.79 Å². The van der Waals surface area contributed by atoms with E-state index in [0.717, 1.165) is 31.7 Å². The van der Waals surface area contributed by atoms with E-state index >= 15 is 0 Å². The standard InChI is InChI=1S/C23H22Cl2FN3O4/c24-15-3-7-17(8-4-15)32-13-22-28-29-23(33-22)14-1-5-16(6-2-14)27-21(30)12-31-18-9-10-19(25)20(26)11-18/h3-4,7-11,14,16H,1-2,5-6,12-13H2,(H,27,30)/t14-,16-. The van der Waals surface area contributed by atoms with Gasteiger partial charge in [-0.25, -0.2) is 4.39 Å². The Morgan fingerprint density at radius 2 is 1.76 bits per heavy atom. The molecule has 0 unspecified atom stereocenters. The molecule has 0 bridgehead atoms. The van der Waals surface area contributed by atoms with Crippen LogP contribution in [0.2, 0.25) is 10.0 Å². The fourth-order valence-electron chi connectivity index (χ4n) is 3.64. The maximum absolute atomic E-state index is 13.4. The molecule has 1 aliphatic rings. The predicted octanol–water partition coefficient (Wildman–Crippen LogP) is 5.32. The summed E-state index contributed by atoms with van der Waals surface area (Å²) in [6.07, 6.45) is 3.19. The van der Waals surface area contributed by atoms with Crippen molar-refractivity contribution in [3.8, 4) is 11.5 Å². The quantitative estimate of drug-likeness (QED) is 0.457. The summed E-state index contributed by atoms with van der Waals surface area (Å²) < 4.78 is 30.2. The fourth-order valence-corrected chi connectivity index (χ4v) is 3.88. The molecule has 1 aromatic heterocycles. The van der Waals surface area contributed by atoms with E-state index < -0.39 is 5.82 Å². The van der Waals surface area contributed by atoms with E-state index in [2.05, 4.69) is 15.5 Å². The van der Waals surface area contributed by atoms with Gasteiger partial charge in [-0.15, -0.1) is 10.2 Å². The molecule has 10 heteroatoms. The second kappa shape index (κ2) is 10.9. The number of carbonyl (C=O) groups excluding carboxylic acids is 1. The first kappa shape index (κ1) is 23.3. The SMILES string of the molecule is O=C(COc1ccc(Cl)c(F)c1)N[C@H]1CC[C@H](c2nnc(COc3ccc(Cl)cc3)o2)CC1. The number of aromatic nitrogens is 2. The Morgan fingerprint density at radius 3 is 2.48 bits per heavy atom. The van der Waals surface area contributed by atoms with Crippen LogP contribution in [0, 0.1) is 5.82 Å². The predicted molar refractivity (Wildman–Crippen MR) is 120 cm³/mol. The molecule has 1 N–H and O–H groups in total. The van der Waals surface area contributed by atoms with Crippen molar-refractivity contribution in [2.24, 2.45) is 0 Å². The van der Waals surface area contributed by atoms with Crippen molar-refractivity contribution in [3.63, 3.8) is 0 Å². The van der Waals surface area contributed by atoms with Gasteiger partial charge in [-0.05, 0) is 62.1 Å². The number of nitrogens with zero attached hydrogens (tertiary/aromatic N) is 2. The molecule has 174 valence electrons. The maximum Gasteiger partial charge on any atom is 0.258 e. The number of amides is 1. The van der Waals surface area contributed by atoms with Crippen LogP contribution in [0.25, 0.3) is 0 Å². The molecule has 0 aliphatic heterocycles. The van der Waals surface area contributed by atoms with Crippen molar-refractivity contribution in [1.82, 2.24) is 15.5 Å². The average Bonchev–Trinajstić information content (AvgIpc) is 3.29. The van der Waals surface area contributed by atoms with Gasteiger partial charge < -0.3 is 19.2 Å². The van der Waals surface area contributed by atoms with Crippen molar-refractivity contribution >= 4 is 29.1 Å². The van der Waals surface area contributed by atoms with Gasteiger partial charge in [-0.1, -0.05) is 23.2 Å². The van der Waals surface area contributed by atoms with Crippen molar-refractivity contribution in [3.05, 3.63) is 70.1 Å². The number of hydrogen-bond acceptors (Lipinski definition) is 6. The molecule has 0 spiro atoms. The Balaban J connectivity index is 1.19. The van der Waals surface area contributed by atoms with E-state index in [1.165, 1.54) is 12.1 Å². The highest BCUT2D eigenvalue weighted by Crippen LogP contribution is 2.32. The summed E-state index contributed by atoms with van der Waals surface area (Å²) in [5, 5.41) is 11.8. The van der Waals surface area contributed by atoms with Crippen LogP contribution in [0.3, 0.4) is 0 Å². The van der Waals surface area contributed by atoms with Crippen LogP contribution in [0.5, 0.6) is 11.5 Å². The van der Waals surface area contributed by atoms with Crippen LogP contribution in [0.4, 0.5) is 4.39 Å². The van der Waals surface area contributed by atoms with Crippen LogP contribution in [-0.4, -0.2) is 28.8 Å². The Labute approximate surface area is 200 Å². The summed E-state index contributed by atoms with van der Waals surface area (Å²) in [5.74, 6) is 1.21. The highest BCUT2D eigenvalue weighted by molar-refractivity contribution is 6.30. The van der Waals surface area contributed by atoms with E-state index in [-0.39, 0.29) is 41.9 Å². The van der Waals surface area contributed by atoms with Crippen molar-refractivity contribution in [2.45, 2.75) is 44.2 Å². The molecule has 1 heterocycles. The Morgan fingerprint density at radius 1 is 1.03 bits per heavy atom. The Kier molecular flexibility index (Phi) is 7.67. The lowest BCUT2D eigenvalue weighted by Crippen LogP contribution is -2.39. The number of ether oxygens (including phenoxy) is 2. The van der Waals surface area contributed by atoms with Crippen LogP contribution in [0.1, 0.15) is 43.4 Å². The first-order valence-corrected chi connectivity index (χ1v) is 11.3. The average molecular weight is 494 g/mol. The number of halogens is 3. The normalized spacial score (nSPS) is 18.0. The van der Waals surface area contributed by atoms with Gasteiger partial charge in [0.1, 0.15) is 17.3 Å². The second-order valence-corrected chi connectivity index (χ2v) is 8.60. The minimum atomic E-state index is -0.589. The second-order valence-electron chi connectivity index (χ2n) is 7.76. The summed E-state index contributed by atoms with van der Waals surface area (Å²) in [4.78, 5) is 12.2. The van der Waals surface area contributed by atoms with Crippen LogP contribution in [0.15, 0.2) is 46.9 Å². The number of hydrogen-bond donors (Lipinski definition) is 1. The molecule has 1 amide bonds. The molecule has 1 aliphatic carbocycles. The molecular formula is C23H22Cl2FN3O4. The highest BCUT2D eigenvalue weighted by Gasteiger charge is 2.27. The zero-order chi connectivity index (χ0) is 23.2. The summed E-state index contributed by atoms with van der Waals surface area (Å²) in [5.41, 5.74) is 0. The molecular weight excluding hydrogens is 472 g/mol. The molecule has 0 saturated heterocycles. The number of benzene rings is 2. The topological polar surface area (TPSA) is 86.5 Å². The summed E-state index contributed by atoms with van der Waals surface area (Å²) in [7, 11) is 0. The lowest BCUT2D eigenvalue weighted by molar-refractivity contribution is -0.124. The van der Waals surface area contributed by atoms with Crippen molar-refractivity contribution in [2.75, 3.05) is 6.61 Å². The largest absolute Gasteiger partial charge is 0.484 e. The monoisotopic (exact) mass is 493 g/mol. The van der Waals surface area contributed by atoms with Crippen LogP contribution >= 0.6 is 23.2 Å². The third-order valence-electron chi connectivity index (χ3n) is 5.36. The first-order chi connectivity index (χ1) is 16.0. The number of rotatable bonds is 8. The Hall–Kier alpha value is -2.84. The van der Waals surface area contributed by atoms with E-state index in [9.17, 15) is 9.18 Å². The van der Waals surface area contributed by atoms with E-state index in [1.807, 2.05) is 0 Å². The van der Waals surface area contributed by atoms with Gasteiger partial charge in [0.2, 0.25) is 5.89 Å². The number of nitrogens with one attached hydrogen (secondary N) is 1. The molecule has 0 radical (unpaired) electrons. The van der Waals surface area contributed by atoms with Crippen LogP contribution in [-0.2, 0) is 11.4 Å². The van der Waals surface area contributed by atoms with E-state index in [4.69, 9.17) is 37.1 Å². The summed E-state index contributed by atoms with van der Waals surface area (Å²) in [6.45, 7) is -0.0147. The number of carbonyl (C=O) groups is 1. The van der Waals surface area contributed by atoms with Crippen molar-refractivity contribution in [1.29, 1.82) is 0 Å². The summed E-state index contributed by atoms with van der Waals surface area (Å²) >= 11 is 11.5. The van der Waals surface area contributed by atoms with Crippen LogP contribution < -0.4 is 14.8 Å². The first-order valence-electron chi connectivity index (χ1n) is 10.5. The lowest BCUT2D eigenvalue weighted by Gasteiger charge is -2.27. The third-order valence-corrected chi connectivity index (χ3v) is 5.92. The fraction of sp³-hybridized carbons (Fsp3) is 0.348. The van der Waals surface area contributed by atoms with Gasteiger partial charge in [0, 0.05) is 23.0 Å². The van der Waals surface area contributed by atoms with Gasteiger partial charge in [0.15, 0.2) is 13.2 Å². The highest BCUT2D eigenvalue weighted by atomic mass is 35.5. The maximum atomic E-state index is 13.4. The zero-order valence-electron chi connectivity index (χ0n) is 17.6. The molecule has 1 saturated carbocycles. The van der Waals surface area contributed by atoms with E-state index in [0.29, 0.717) is 22.6 Å². The molecule has 33 heavy (non-hydrogen) atoms. The lowest BCUT2D eigenvalue weighted by atomic mass is 9.86. The zero-order valence-corrected chi connectivity index (χ0v) is 19.1. The smallest absolute Gasteiger partial charge is 0.258 e. The van der Waals surface area contributed by atoms with E-state index in [1.54, 1.807) is 24.3 Å². The molecule has 3 aromatic rings.